The Labute approximate surface area is 184 Å². The minimum Gasteiger partial charge on any atom is -0.618 e. The molecule has 0 bridgehead atoms. The molecule has 3 aromatic heterocycles. The summed E-state index contributed by atoms with van der Waals surface area (Å²) < 4.78 is 0.833. The first-order valence-electron chi connectivity index (χ1n) is 10.1. The number of benzene rings is 1. The van der Waals surface area contributed by atoms with Crippen molar-refractivity contribution in [2.24, 2.45) is 0 Å². The Kier molecular flexibility index (Phi) is 4.44. The summed E-state index contributed by atoms with van der Waals surface area (Å²) in [5, 5.41) is 24.3. The summed E-state index contributed by atoms with van der Waals surface area (Å²) in [6, 6.07) is 14.7. The molecule has 31 heavy (non-hydrogen) atoms. The van der Waals surface area contributed by atoms with Gasteiger partial charge in [-0.25, -0.2) is 0 Å². The van der Waals surface area contributed by atoms with Crippen molar-refractivity contribution in [3.05, 3.63) is 93.3 Å². The van der Waals surface area contributed by atoms with E-state index in [1.807, 2.05) is 35.7 Å². The molecule has 0 saturated carbocycles. The number of carbonyl (C=O) groups excluding carboxylic acids is 1. The summed E-state index contributed by atoms with van der Waals surface area (Å²) in [5.74, 6) is -0.185. The summed E-state index contributed by atoms with van der Waals surface area (Å²) in [6.45, 7) is 6.17. The van der Waals surface area contributed by atoms with Crippen molar-refractivity contribution in [3.63, 3.8) is 0 Å². The molecule has 0 saturated heterocycles. The summed E-state index contributed by atoms with van der Waals surface area (Å²) in [7, 11) is 0. The van der Waals surface area contributed by atoms with Crippen LogP contribution in [0, 0.1) is 5.21 Å². The van der Waals surface area contributed by atoms with Crippen molar-refractivity contribution >= 4 is 22.9 Å². The molecule has 1 aliphatic heterocycles. The van der Waals surface area contributed by atoms with Crippen LogP contribution in [0.5, 0.6) is 0 Å². The topological polar surface area (TPSA) is 75.9 Å². The first kappa shape index (κ1) is 19.5. The molecule has 1 amide bonds. The van der Waals surface area contributed by atoms with Crippen LogP contribution in [0.15, 0.2) is 65.5 Å². The Morgan fingerprint density at radius 2 is 1.87 bits per heavy atom. The van der Waals surface area contributed by atoms with Crippen LogP contribution in [0.25, 0.3) is 11.1 Å². The lowest BCUT2D eigenvalue weighted by atomic mass is 9.86. The molecule has 7 heteroatoms. The zero-order valence-corrected chi connectivity index (χ0v) is 18.3. The first-order valence-corrected chi connectivity index (χ1v) is 11.0. The van der Waals surface area contributed by atoms with Gasteiger partial charge in [0.2, 0.25) is 5.69 Å². The number of anilines is 1. The van der Waals surface area contributed by atoms with Crippen LogP contribution in [0.4, 0.5) is 5.69 Å². The third-order valence-electron chi connectivity index (χ3n) is 5.61. The van der Waals surface area contributed by atoms with Gasteiger partial charge in [-0.1, -0.05) is 32.9 Å². The highest BCUT2D eigenvalue weighted by Crippen LogP contribution is 2.44. The van der Waals surface area contributed by atoms with Crippen molar-refractivity contribution in [2.45, 2.75) is 32.2 Å². The van der Waals surface area contributed by atoms with Crippen LogP contribution in [0.3, 0.4) is 0 Å². The van der Waals surface area contributed by atoms with Crippen LogP contribution < -0.4 is 9.63 Å². The second kappa shape index (κ2) is 7.06. The Bertz CT molecular complexity index is 1250. The highest BCUT2D eigenvalue weighted by atomic mass is 32.1. The number of pyridine rings is 1. The summed E-state index contributed by atoms with van der Waals surface area (Å²) in [5.41, 5.74) is 5.18. The van der Waals surface area contributed by atoms with E-state index in [1.54, 1.807) is 28.4 Å². The molecule has 6 nitrogen and oxygen atoms in total. The van der Waals surface area contributed by atoms with Gasteiger partial charge in [0.25, 0.3) is 5.91 Å². The molecule has 4 aromatic rings. The molecule has 1 unspecified atom stereocenters. The standard InChI is InChI=1S/C24H22N4O2S/c1-24(2,3)22-19-20(25-26-22)23(29)28(21(19)18-6-4-5-12-27(18)30)17-9-7-15(8-10-17)16-11-13-31-14-16/h4-14,21H,1-3H3,(H,25,26). The van der Waals surface area contributed by atoms with Gasteiger partial charge in [-0.3, -0.25) is 14.8 Å². The molecule has 1 atom stereocenters. The molecule has 1 N–H and O–H groups in total. The zero-order chi connectivity index (χ0) is 21.8. The fraction of sp³-hybridized carbons (Fsp3) is 0.208. The average molecular weight is 431 g/mol. The molecule has 156 valence electrons. The van der Waals surface area contributed by atoms with E-state index in [4.69, 9.17) is 0 Å². The SMILES string of the molecule is CC(C)(C)c1n[nH]c2c1C(c1cccc[n+]1[O-])N(c1ccc(-c3ccsc3)cc1)C2=O. The van der Waals surface area contributed by atoms with E-state index < -0.39 is 6.04 Å². The van der Waals surface area contributed by atoms with Gasteiger partial charge >= 0.3 is 0 Å². The number of thiophene rings is 1. The molecule has 1 aliphatic rings. The molecule has 0 aliphatic carbocycles. The fourth-order valence-corrected chi connectivity index (χ4v) is 4.83. The van der Waals surface area contributed by atoms with Gasteiger partial charge in [0.15, 0.2) is 12.2 Å². The van der Waals surface area contributed by atoms with Gasteiger partial charge in [-0.05, 0) is 46.2 Å². The predicted molar refractivity (Wildman–Crippen MR) is 121 cm³/mol. The third kappa shape index (κ3) is 3.13. The third-order valence-corrected chi connectivity index (χ3v) is 6.30. The Hall–Kier alpha value is -3.45. The number of nitrogens with one attached hydrogen (secondary N) is 1. The van der Waals surface area contributed by atoms with Crippen molar-refractivity contribution in [2.75, 3.05) is 4.90 Å². The van der Waals surface area contributed by atoms with Crippen LogP contribution in [0.1, 0.15) is 54.3 Å². The van der Waals surface area contributed by atoms with Gasteiger partial charge in [0.1, 0.15) is 5.69 Å². The minimum absolute atomic E-state index is 0.185. The Morgan fingerprint density at radius 1 is 1.10 bits per heavy atom. The fourth-order valence-electron chi connectivity index (χ4n) is 4.16. The molecular formula is C24H22N4O2S. The lowest BCUT2D eigenvalue weighted by Crippen LogP contribution is -2.39. The van der Waals surface area contributed by atoms with Crippen LogP contribution in [0.2, 0.25) is 0 Å². The Morgan fingerprint density at radius 3 is 2.52 bits per heavy atom. The molecule has 4 heterocycles. The van der Waals surface area contributed by atoms with Crippen LogP contribution in [-0.4, -0.2) is 16.1 Å². The van der Waals surface area contributed by atoms with Crippen LogP contribution >= 0.6 is 11.3 Å². The molecule has 0 spiro atoms. The maximum Gasteiger partial charge on any atom is 0.277 e. The monoisotopic (exact) mass is 430 g/mol. The van der Waals surface area contributed by atoms with Gasteiger partial charge in [-0.2, -0.15) is 21.2 Å². The first-order chi connectivity index (χ1) is 14.9. The number of aromatic amines is 1. The number of hydrogen-bond acceptors (Lipinski definition) is 4. The predicted octanol–water partition coefficient (Wildman–Crippen LogP) is 4.82. The van der Waals surface area contributed by atoms with Gasteiger partial charge < -0.3 is 5.21 Å². The number of nitrogens with zero attached hydrogens (tertiary/aromatic N) is 3. The van der Waals surface area contributed by atoms with Crippen molar-refractivity contribution < 1.29 is 9.52 Å². The quantitative estimate of drug-likeness (QED) is 0.374. The maximum atomic E-state index is 13.5. The average Bonchev–Trinajstić information content (AvgIpc) is 3.46. The number of hydrogen-bond donors (Lipinski definition) is 1. The Balaban J connectivity index is 1.67. The number of aromatic nitrogens is 3. The van der Waals surface area contributed by atoms with E-state index in [1.165, 1.54) is 6.20 Å². The molecule has 5 rings (SSSR count). The summed E-state index contributed by atoms with van der Waals surface area (Å²) >= 11 is 1.65. The number of amides is 1. The molecule has 1 aromatic carbocycles. The summed E-state index contributed by atoms with van der Waals surface area (Å²) in [6.07, 6.45) is 1.46. The minimum atomic E-state index is -0.554. The van der Waals surface area contributed by atoms with Gasteiger partial charge in [0, 0.05) is 28.8 Å². The normalized spacial score (nSPS) is 16.0. The lowest BCUT2D eigenvalue weighted by Gasteiger charge is -2.26. The smallest absolute Gasteiger partial charge is 0.277 e. The number of carbonyl (C=O) groups is 1. The van der Waals surface area contributed by atoms with Gasteiger partial charge in [0.05, 0.1) is 5.69 Å². The van der Waals surface area contributed by atoms with E-state index in [0.717, 1.165) is 32.8 Å². The second-order valence-electron chi connectivity index (χ2n) is 8.70. The van der Waals surface area contributed by atoms with Crippen molar-refractivity contribution in [3.8, 4) is 11.1 Å². The van der Waals surface area contributed by atoms with E-state index in [-0.39, 0.29) is 11.3 Å². The van der Waals surface area contributed by atoms with Crippen LogP contribution in [-0.2, 0) is 5.41 Å². The van der Waals surface area contributed by atoms with E-state index in [2.05, 4.69) is 42.4 Å². The second-order valence-corrected chi connectivity index (χ2v) is 9.48. The number of rotatable bonds is 3. The highest BCUT2D eigenvalue weighted by Gasteiger charge is 2.47. The highest BCUT2D eigenvalue weighted by molar-refractivity contribution is 7.08. The molecule has 0 fully saturated rings. The summed E-state index contributed by atoms with van der Waals surface area (Å²) in [4.78, 5) is 15.2. The van der Waals surface area contributed by atoms with E-state index in [9.17, 15) is 10.0 Å². The molecular weight excluding hydrogens is 408 g/mol. The number of H-pyrrole nitrogens is 1. The van der Waals surface area contributed by atoms with E-state index in [0.29, 0.717) is 11.4 Å². The maximum absolute atomic E-state index is 13.5. The molecule has 0 radical (unpaired) electrons. The largest absolute Gasteiger partial charge is 0.618 e. The zero-order valence-electron chi connectivity index (χ0n) is 17.5. The van der Waals surface area contributed by atoms with Crippen molar-refractivity contribution in [1.82, 2.24) is 10.2 Å². The van der Waals surface area contributed by atoms with E-state index >= 15 is 0 Å². The lowest BCUT2D eigenvalue weighted by molar-refractivity contribution is -0.614. The number of fused-ring (bicyclic) bond motifs is 1. The van der Waals surface area contributed by atoms with Gasteiger partial charge in [-0.15, -0.1) is 0 Å². The van der Waals surface area contributed by atoms with Crippen molar-refractivity contribution in [1.29, 1.82) is 0 Å².